The molecule has 0 fully saturated rings. The maximum Gasteiger partial charge on any atom is 0.343 e. The van der Waals surface area contributed by atoms with Crippen LogP contribution < -0.4 is 4.90 Å². The summed E-state index contributed by atoms with van der Waals surface area (Å²) in [4.78, 5) is 18.2. The van der Waals surface area contributed by atoms with Crippen molar-refractivity contribution in [2.75, 3.05) is 11.9 Å². The summed E-state index contributed by atoms with van der Waals surface area (Å²) in [6.07, 6.45) is 0. The summed E-state index contributed by atoms with van der Waals surface area (Å²) < 4.78 is 5.55. The molecule has 4 rings (SSSR count). The van der Waals surface area contributed by atoms with Crippen molar-refractivity contribution in [3.63, 3.8) is 0 Å². The number of anilines is 1. The fourth-order valence-corrected chi connectivity index (χ4v) is 2.71. The minimum atomic E-state index is -0.244. The molecule has 2 heterocycles. The third kappa shape index (κ3) is 2.37. The fraction of sp³-hybridized carbons (Fsp3) is 0.0588. The lowest BCUT2D eigenvalue weighted by atomic mass is 10.1. The lowest BCUT2D eigenvalue weighted by Crippen LogP contribution is -2.25. The number of carbonyl (C=O) groups excluding carboxylic acids is 1. The Morgan fingerprint density at radius 3 is 2.71 bits per heavy atom. The van der Waals surface area contributed by atoms with Gasteiger partial charge in [0.15, 0.2) is 0 Å². The van der Waals surface area contributed by atoms with Gasteiger partial charge in [-0.05, 0) is 30.3 Å². The topological polar surface area (TPSA) is 71.6 Å². The summed E-state index contributed by atoms with van der Waals surface area (Å²) in [6.45, 7) is 0. The van der Waals surface area contributed by atoms with E-state index in [2.05, 4.69) is 15.2 Å². The predicted molar refractivity (Wildman–Crippen MR) is 90.8 cm³/mol. The van der Waals surface area contributed by atoms with Gasteiger partial charge in [0.25, 0.3) is 5.91 Å². The second-order valence-electron chi connectivity index (χ2n) is 5.24. The Bertz CT molecular complexity index is 966. The minimum absolute atomic E-state index is 0.0263. The average molecular weight is 339 g/mol. The molecular weight excluding hydrogens is 328 g/mol. The van der Waals surface area contributed by atoms with Crippen molar-refractivity contribution in [3.8, 4) is 11.5 Å². The van der Waals surface area contributed by atoms with Crippen molar-refractivity contribution in [2.45, 2.75) is 0 Å². The lowest BCUT2D eigenvalue weighted by Gasteiger charge is -2.07. The van der Waals surface area contributed by atoms with Crippen molar-refractivity contribution in [1.82, 2.24) is 10.2 Å². The van der Waals surface area contributed by atoms with Gasteiger partial charge in [-0.3, -0.25) is 4.79 Å². The van der Waals surface area contributed by atoms with Crippen LogP contribution in [-0.4, -0.2) is 28.9 Å². The van der Waals surface area contributed by atoms with Crippen LogP contribution in [0.15, 0.2) is 57.9 Å². The summed E-state index contributed by atoms with van der Waals surface area (Å²) in [6, 6.07) is 14.6. The van der Waals surface area contributed by atoms with E-state index in [4.69, 9.17) is 16.0 Å². The van der Waals surface area contributed by atoms with Crippen LogP contribution in [0.5, 0.6) is 0 Å². The average Bonchev–Trinajstić information content (AvgIpc) is 3.15. The number of fused-ring (bicyclic) bond motifs is 1. The van der Waals surface area contributed by atoms with E-state index in [9.17, 15) is 4.79 Å². The molecule has 118 valence electrons. The van der Waals surface area contributed by atoms with Gasteiger partial charge < -0.3 is 9.32 Å². The molecule has 0 radical (unpaired) electrons. The van der Waals surface area contributed by atoms with Crippen LogP contribution in [0.25, 0.3) is 11.5 Å². The van der Waals surface area contributed by atoms with Gasteiger partial charge in [0, 0.05) is 23.2 Å². The van der Waals surface area contributed by atoms with E-state index < -0.39 is 0 Å². The van der Waals surface area contributed by atoms with Gasteiger partial charge in [-0.2, -0.15) is 4.99 Å². The SMILES string of the molecule is CN1C(=O)C(=Nc2nnc(-c3ccccc3)o2)c2cc(Cl)ccc21. The number of hydrogen-bond donors (Lipinski definition) is 0. The third-order valence-corrected chi connectivity index (χ3v) is 3.96. The number of nitrogens with zero attached hydrogens (tertiary/aromatic N) is 4. The molecule has 1 amide bonds. The van der Waals surface area contributed by atoms with Crippen molar-refractivity contribution in [2.24, 2.45) is 4.99 Å². The molecule has 0 N–H and O–H groups in total. The first-order valence-electron chi connectivity index (χ1n) is 7.19. The molecule has 7 heteroatoms. The second kappa shape index (κ2) is 5.58. The molecule has 1 aliphatic rings. The smallest absolute Gasteiger partial charge is 0.343 e. The van der Waals surface area contributed by atoms with Crippen LogP contribution in [0, 0.1) is 0 Å². The van der Waals surface area contributed by atoms with E-state index in [1.807, 2.05) is 30.3 Å². The first-order valence-corrected chi connectivity index (χ1v) is 7.57. The van der Waals surface area contributed by atoms with Crippen LogP contribution in [0.1, 0.15) is 5.56 Å². The Hall–Kier alpha value is -2.99. The van der Waals surface area contributed by atoms with Gasteiger partial charge in [0.2, 0.25) is 5.89 Å². The normalized spacial score (nSPS) is 15.2. The molecule has 0 bridgehead atoms. The highest BCUT2D eigenvalue weighted by molar-refractivity contribution is 6.54. The molecular formula is C17H11ClN4O2. The van der Waals surface area contributed by atoms with Crippen LogP contribution in [0.3, 0.4) is 0 Å². The van der Waals surface area contributed by atoms with E-state index in [0.29, 0.717) is 16.5 Å². The number of benzene rings is 2. The zero-order valence-corrected chi connectivity index (χ0v) is 13.4. The third-order valence-electron chi connectivity index (χ3n) is 3.72. The molecule has 1 aromatic heterocycles. The highest BCUT2D eigenvalue weighted by Crippen LogP contribution is 2.32. The molecule has 6 nitrogen and oxygen atoms in total. The second-order valence-corrected chi connectivity index (χ2v) is 5.68. The highest BCUT2D eigenvalue weighted by atomic mass is 35.5. The number of halogens is 1. The van der Waals surface area contributed by atoms with Crippen LogP contribution >= 0.6 is 11.6 Å². The van der Waals surface area contributed by atoms with Gasteiger partial charge in [0.05, 0.1) is 5.69 Å². The molecule has 0 unspecified atom stereocenters. The number of rotatable bonds is 2. The summed E-state index contributed by atoms with van der Waals surface area (Å²) in [5.41, 5.74) is 2.41. The van der Waals surface area contributed by atoms with Gasteiger partial charge in [-0.1, -0.05) is 34.9 Å². The maximum atomic E-state index is 12.4. The maximum absolute atomic E-state index is 12.4. The molecule has 0 spiro atoms. The van der Waals surface area contributed by atoms with Crippen LogP contribution in [-0.2, 0) is 4.79 Å². The summed E-state index contributed by atoms with van der Waals surface area (Å²) in [5.74, 6) is 0.104. The Morgan fingerprint density at radius 1 is 1.12 bits per heavy atom. The van der Waals surface area contributed by atoms with E-state index in [0.717, 1.165) is 11.3 Å². The van der Waals surface area contributed by atoms with Gasteiger partial charge in [0.1, 0.15) is 5.71 Å². The van der Waals surface area contributed by atoms with Gasteiger partial charge in [-0.15, -0.1) is 5.10 Å². The molecule has 3 aromatic rings. The molecule has 0 atom stereocenters. The van der Waals surface area contributed by atoms with E-state index in [1.165, 1.54) is 4.90 Å². The van der Waals surface area contributed by atoms with Crippen LogP contribution in [0.4, 0.5) is 11.7 Å². The van der Waals surface area contributed by atoms with Crippen LogP contribution in [0.2, 0.25) is 5.02 Å². The monoisotopic (exact) mass is 338 g/mol. The summed E-state index contributed by atoms with van der Waals surface area (Å²) >= 11 is 6.04. The standard InChI is InChI=1S/C17H11ClN4O2/c1-22-13-8-7-11(18)9-12(13)14(16(22)23)19-17-21-20-15(24-17)10-5-3-2-4-6-10/h2-9H,1H3. The number of carbonyl (C=O) groups is 1. The first-order chi connectivity index (χ1) is 11.6. The number of likely N-dealkylation sites (N-methyl/N-ethyl adjacent to an activating group) is 1. The zero-order chi connectivity index (χ0) is 16.7. The number of hydrogen-bond acceptors (Lipinski definition) is 5. The lowest BCUT2D eigenvalue weighted by molar-refractivity contribution is -0.111. The highest BCUT2D eigenvalue weighted by Gasteiger charge is 2.32. The largest absolute Gasteiger partial charge is 0.402 e. The molecule has 24 heavy (non-hydrogen) atoms. The number of amides is 1. The Morgan fingerprint density at radius 2 is 1.92 bits per heavy atom. The molecule has 0 saturated carbocycles. The van der Waals surface area contributed by atoms with Gasteiger partial charge >= 0.3 is 6.01 Å². The van der Waals surface area contributed by atoms with Crippen molar-refractivity contribution in [1.29, 1.82) is 0 Å². The van der Waals surface area contributed by atoms with E-state index in [-0.39, 0.29) is 17.6 Å². The first kappa shape index (κ1) is 14.6. The van der Waals surface area contributed by atoms with Crippen molar-refractivity contribution >= 4 is 34.9 Å². The summed E-state index contributed by atoms with van der Waals surface area (Å²) in [5, 5.41) is 8.40. The predicted octanol–water partition coefficient (Wildman–Crippen LogP) is 3.49. The number of aliphatic imine (C=N–C) groups is 1. The molecule has 2 aromatic carbocycles. The van der Waals surface area contributed by atoms with Crippen molar-refractivity contribution < 1.29 is 9.21 Å². The zero-order valence-electron chi connectivity index (χ0n) is 12.6. The van der Waals surface area contributed by atoms with E-state index in [1.54, 1.807) is 25.2 Å². The quantitative estimate of drug-likeness (QED) is 0.717. The number of aromatic nitrogens is 2. The fourth-order valence-electron chi connectivity index (χ4n) is 2.54. The Balaban J connectivity index is 1.76. The summed E-state index contributed by atoms with van der Waals surface area (Å²) in [7, 11) is 1.68. The van der Waals surface area contributed by atoms with Gasteiger partial charge in [-0.25, -0.2) is 0 Å². The Labute approximate surface area is 142 Å². The van der Waals surface area contributed by atoms with E-state index >= 15 is 0 Å². The minimum Gasteiger partial charge on any atom is -0.402 e. The Kier molecular flexibility index (Phi) is 3.39. The van der Waals surface area contributed by atoms with Crippen molar-refractivity contribution in [3.05, 3.63) is 59.1 Å². The molecule has 0 aliphatic carbocycles. The molecule has 1 aliphatic heterocycles. The molecule has 0 saturated heterocycles.